The summed E-state index contributed by atoms with van der Waals surface area (Å²) in [6.45, 7) is 3.68. The first-order valence-corrected chi connectivity index (χ1v) is 10.3. The standard InChI is InChI=1S/C20H29Cl2NO2/c21-17-8-7-16(14-18(17)22)20(9-2-3-11-23-15-20)10-5-13-25-19-6-1-4-12-24-19/h7-8,14,19,23H,1-6,9-13,15H2. The van der Waals surface area contributed by atoms with Crippen LogP contribution in [0.25, 0.3) is 0 Å². The lowest BCUT2D eigenvalue weighted by Crippen LogP contribution is -2.37. The lowest BCUT2D eigenvalue weighted by atomic mass is 9.73. The topological polar surface area (TPSA) is 30.5 Å². The molecule has 2 aliphatic rings. The summed E-state index contributed by atoms with van der Waals surface area (Å²) in [6, 6.07) is 6.13. The Kier molecular flexibility index (Phi) is 7.44. The van der Waals surface area contributed by atoms with E-state index >= 15 is 0 Å². The van der Waals surface area contributed by atoms with E-state index in [1.54, 1.807) is 0 Å². The Bertz CT molecular complexity index is 538. The van der Waals surface area contributed by atoms with E-state index in [-0.39, 0.29) is 11.7 Å². The smallest absolute Gasteiger partial charge is 0.157 e. The maximum Gasteiger partial charge on any atom is 0.157 e. The van der Waals surface area contributed by atoms with Crippen molar-refractivity contribution in [3.63, 3.8) is 0 Å². The van der Waals surface area contributed by atoms with Crippen LogP contribution in [0.3, 0.4) is 0 Å². The maximum atomic E-state index is 6.31. The molecule has 2 atom stereocenters. The van der Waals surface area contributed by atoms with Crippen molar-refractivity contribution in [2.75, 3.05) is 26.3 Å². The van der Waals surface area contributed by atoms with Crippen molar-refractivity contribution in [1.82, 2.24) is 5.32 Å². The lowest BCUT2D eigenvalue weighted by Gasteiger charge is -2.34. The zero-order valence-electron chi connectivity index (χ0n) is 14.9. The van der Waals surface area contributed by atoms with Gasteiger partial charge in [0.05, 0.1) is 10.0 Å². The van der Waals surface area contributed by atoms with Crippen molar-refractivity contribution >= 4 is 23.2 Å². The molecule has 0 radical (unpaired) electrons. The number of rotatable bonds is 6. The largest absolute Gasteiger partial charge is 0.353 e. The van der Waals surface area contributed by atoms with Gasteiger partial charge in [0.15, 0.2) is 6.29 Å². The molecule has 5 heteroatoms. The van der Waals surface area contributed by atoms with Crippen LogP contribution in [0.1, 0.15) is 56.9 Å². The van der Waals surface area contributed by atoms with E-state index in [4.69, 9.17) is 32.7 Å². The molecule has 0 bridgehead atoms. The van der Waals surface area contributed by atoms with Crippen LogP contribution in [0.2, 0.25) is 10.0 Å². The molecule has 1 aromatic carbocycles. The van der Waals surface area contributed by atoms with Crippen molar-refractivity contribution in [3.05, 3.63) is 33.8 Å². The van der Waals surface area contributed by atoms with Crippen LogP contribution in [0.15, 0.2) is 18.2 Å². The van der Waals surface area contributed by atoms with E-state index in [1.807, 2.05) is 6.07 Å². The summed E-state index contributed by atoms with van der Waals surface area (Å²) in [6.07, 6.45) is 9.16. The van der Waals surface area contributed by atoms with Crippen LogP contribution in [0.4, 0.5) is 0 Å². The fourth-order valence-electron chi connectivity index (χ4n) is 4.03. The molecule has 0 aliphatic carbocycles. The van der Waals surface area contributed by atoms with E-state index in [0.717, 1.165) is 52.0 Å². The van der Waals surface area contributed by atoms with Gasteiger partial charge in [-0.2, -0.15) is 0 Å². The predicted octanol–water partition coefficient (Wildman–Crippen LogP) is 5.33. The van der Waals surface area contributed by atoms with Crippen molar-refractivity contribution < 1.29 is 9.47 Å². The average molecular weight is 386 g/mol. The van der Waals surface area contributed by atoms with E-state index < -0.39 is 0 Å². The molecule has 0 amide bonds. The van der Waals surface area contributed by atoms with Gasteiger partial charge in [-0.25, -0.2) is 0 Å². The minimum Gasteiger partial charge on any atom is -0.353 e. The Morgan fingerprint density at radius 3 is 2.88 bits per heavy atom. The van der Waals surface area contributed by atoms with Crippen molar-refractivity contribution in [2.24, 2.45) is 0 Å². The summed E-state index contributed by atoms with van der Waals surface area (Å²) in [5, 5.41) is 4.89. The highest BCUT2D eigenvalue weighted by atomic mass is 35.5. The van der Waals surface area contributed by atoms with Crippen LogP contribution >= 0.6 is 23.2 Å². The van der Waals surface area contributed by atoms with Gasteiger partial charge >= 0.3 is 0 Å². The first-order valence-electron chi connectivity index (χ1n) is 9.59. The van der Waals surface area contributed by atoms with Crippen LogP contribution in [-0.4, -0.2) is 32.6 Å². The SMILES string of the molecule is Clc1ccc(C2(CCCOC3CCCCO3)CCCCNC2)cc1Cl. The molecule has 2 aliphatic heterocycles. The molecule has 0 aromatic heterocycles. The quantitative estimate of drug-likeness (QED) is 0.671. The highest BCUT2D eigenvalue weighted by molar-refractivity contribution is 6.42. The number of hydrogen-bond donors (Lipinski definition) is 1. The number of ether oxygens (including phenoxy) is 2. The summed E-state index contributed by atoms with van der Waals surface area (Å²) < 4.78 is 11.6. The molecule has 2 saturated heterocycles. The second-order valence-corrected chi connectivity index (χ2v) is 8.13. The Labute approximate surface area is 161 Å². The molecule has 25 heavy (non-hydrogen) atoms. The van der Waals surface area contributed by atoms with Gasteiger partial charge in [-0.3, -0.25) is 0 Å². The number of nitrogens with one attached hydrogen (secondary N) is 1. The van der Waals surface area contributed by atoms with Gasteiger partial charge in [0.2, 0.25) is 0 Å². The third kappa shape index (κ3) is 5.33. The molecule has 0 saturated carbocycles. The van der Waals surface area contributed by atoms with Crippen LogP contribution in [0, 0.1) is 0 Å². The van der Waals surface area contributed by atoms with Gasteiger partial charge in [0, 0.05) is 25.2 Å². The van der Waals surface area contributed by atoms with Gasteiger partial charge < -0.3 is 14.8 Å². The predicted molar refractivity (Wildman–Crippen MR) is 104 cm³/mol. The lowest BCUT2D eigenvalue weighted by molar-refractivity contribution is -0.163. The third-order valence-electron chi connectivity index (χ3n) is 5.50. The van der Waals surface area contributed by atoms with E-state index in [0.29, 0.717) is 10.0 Å². The third-order valence-corrected chi connectivity index (χ3v) is 6.23. The van der Waals surface area contributed by atoms with Crippen molar-refractivity contribution in [3.8, 4) is 0 Å². The molecule has 2 heterocycles. The molecule has 3 nitrogen and oxygen atoms in total. The molecular formula is C20H29Cl2NO2. The molecule has 0 spiro atoms. The highest BCUT2D eigenvalue weighted by Gasteiger charge is 2.33. The van der Waals surface area contributed by atoms with Crippen molar-refractivity contribution in [1.29, 1.82) is 0 Å². The number of benzene rings is 1. The first kappa shape index (κ1) is 19.4. The highest BCUT2D eigenvalue weighted by Crippen LogP contribution is 2.38. The van der Waals surface area contributed by atoms with E-state index in [9.17, 15) is 0 Å². The van der Waals surface area contributed by atoms with Gasteiger partial charge in [-0.05, 0) is 69.2 Å². The fraction of sp³-hybridized carbons (Fsp3) is 0.700. The molecule has 140 valence electrons. The molecule has 2 fully saturated rings. The second-order valence-electron chi connectivity index (χ2n) is 7.31. The summed E-state index contributed by atoms with van der Waals surface area (Å²) >= 11 is 12.4. The van der Waals surface area contributed by atoms with Gasteiger partial charge in [-0.1, -0.05) is 35.7 Å². The number of halogens is 2. The van der Waals surface area contributed by atoms with E-state index in [2.05, 4.69) is 17.4 Å². The summed E-state index contributed by atoms with van der Waals surface area (Å²) in [5.74, 6) is 0. The fourth-order valence-corrected chi connectivity index (χ4v) is 4.33. The molecule has 1 aromatic rings. The molecule has 2 unspecified atom stereocenters. The Morgan fingerprint density at radius 2 is 2.08 bits per heavy atom. The molecular weight excluding hydrogens is 357 g/mol. The van der Waals surface area contributed by atoms with E-state index in [1.165, 1.54) is 31.2 Å². The summed E-state index contributed by atoms with van der Waals surface area (Å²) in [5.41, 5.74) is 1.41. The number of hydrogen-bond acceptors (Lipinski definition) is 3. The van der Waals surface area contributed by atoms with Crippen molar-refractivity contribution in [2.45, 2.75) is 63.1 Å². The Balaban J connectivity index is 1.63. The minimum atomic E-state index is 0.00179. The molecule has 1 N–H and O–H groups in total. The summed E-state index contributed by atoms with van der Waals surface area (Å²) in [4.78, 5) is 0. The van der Waals surface area contributed by atoms with Crippen LogP contribution in [0.5, 0.6) is 0 Å². The van der Waals surface area contributed by atoms with Gasteiger partial charge in [-0.15, -0.1) is 0 Å². The van der Waals surface area contributed by atoms with Gasteiger partial charge in [0.25, 0.3) is 0 Å². The first-order chi connectivity index (χ1) is 12.2. The monoisotopic (exact) mass is 385 g/mol. The van der Waals surface area contributed by atoms with Crippen LogP contribution < -0.4 is 5.32 Å². The Hall–Kier alpha value is -0.320. The van der Waals surface area contributed by atoms with Gasteiger partial charge in [0.1, 0.15) is 0 Å². The zero-order valence-corrected chi connectivity index (χ0v) is 16.4. The average Bonchev–Trinajstić information content (AvgIpc) is 2.89. The normalized spacial score (nSPS) is 27.8. The Morgan fingerprint density at radius 1 is 1.16 bits per heavy atom. The summed E-state index contributed by atoms with van der Waals surface area (Å²) in [7, 11) is 0. The van der Waals surface area contributed by atoms with Crippen LogP contribution in [-0.2, 0) is 14.9 Å². The maximum absolute atomic E-state index is 6.31. The zero-order chi connectivity index (χ0) is 17.5. The second kappa shape index (κ2) is 9.57. The minimum absolute atomic E-state index is 0.00179. The molecule has 3 rings (SSSR count).